The van der Waals surface area contributed by atoms with Crippen molar-refractivity contribution in [1.29, 1.82) is 0 Å². The fourth-order valence-electron chi connectivity index (χ4n) is 2.90. The summed E-state index contributed by atoms with van der Waals surface area (Å²) in [6, 6.07) is 16.2. The summed E-state index contributed by atoms with van der Waals surface area (Å²) in [6.45, 7) is 6.27. The monoisotopic (exact) mass is 407 g/mol. The highest BCUT2D eigenvalue weighted by molar-refractivity contribution is 5.79. The smallest absolute Gasteiger partial charge is 0.257 e. The third-order valence-corrected chi connectivity index (χ3v) is 4.61. The van der Waals surface area contributed by atoms with E-state index >= 15 is 0 Å². The van der Waals surface area contributed by atoms with Gasteiger partial charge in [-0.05, 0) is 48.7 Å². The molecule has 0 atom stereocenters. The molecular weight excluding hydrogens is 378 g/mol. The first kappa shape index (κ1) is 21.4. The minimum Gasteiger partial charge on any atom is -0.497 e. The number of benzene rings is 2. The lowest BCUT2D eigenvalue weighted by Crippen LogP contribution is -2.38. The Labute approximate surface area is 177 Å². The topological polar surface area (TPSA) is 84.6 Å². The molecule has 7 heteroatoms. The number of hydrogen-bond donors (Lipinski definition) is 2. The predicted octanol–water partition coefficient (Wildman–Crippen LogP) is 3.61. The van der Waals surface area contributed by atoms with E-state index in [4.69, 9.17) is 9.26 Å². The number of hydrogen-bond acceptors (Lipinski definition) is 5. The van der Waals surface area contributed by atoms with Gasteiger partial charge >= 0.3 is 0 Å². The summed E-state index contributed by atoms with van der Waals surface area (Å²) in [5, 5.41) is 10.6. The minimum atomic E-state index is 0.566. The molecule has 7 nitrogen and oxygen atoms in total. The zero-order chi connectivity index (χ0) is 21.2. The Hall–Kier alpha value is -3.35. The number of guanidine groups is 1. The standard InChI is InChI=1S/C23H29N5O2/c1-4-21-27-22(30-28-21)19-10-6-17(7-11-19)14-15-25-23(24-5-2)26-16-18-8-12-20(29-3)13-9-18/h6-13H,4-5,14-16H2,1-3H3,(H2,24,25,26). The van der Waals surface area contributed by atoms with Crippen LogP contribution in [0.2, 0.25) is 0 Å². The molecule has 0 spiro atoms. The highest BCUT2D eigenvalue weighted by atomic mass is 16.5. The maximum absolute atomic E-state index is 5.29. The number of aryl methyl sites for hydroxylation is 1. The van der Waals surface area contributed by atoms with Crippen LogP contribution in [0.1, 0.15) is 30.8 Å². The van der Waals surface area contributed by atoms with Gasteiger partial charge in [0, 0.05) is 25.1 Å². The molecule has 30 heavy (non-hydrogen) atoms. The Morgan fingerprint density at radius 3 is 2.37 bits per heavy atom. The van der Waals surface area contributed by atoms with Crippen LogP contribution in [-0.2, 0) is 19.4 Å². The summed E-state index contributed by atoms with van der Waals surface area (Å²) in [5.74, 6) is 2.95. The second-order valence-electron chi connectivity index (χ2n) is 6.79. The zero-order valence-electron chi connectivity index (χ0n) is 17.8. The average molecular weight is 408 g/mol. The van der Waals surface area contributed by atoms with Gasteiger partial charge in [0.05, 0.1) is 13.7 Å². The molecule has 3 aromatic rings. The number of ether oxygens (including phenoxy) is 1. The van der Waals surface area contributed by atoms with Crippen molar-refractivity contribution in [3.63, 3.8) is 0 Å². The zero-order valence-corrected chi connectivity index (χ0v) is 17.8. The predicted molar refractivity (Wildman–Crippen MR) is 119 cm³/mol. The van der Waals surface area contributed by atoms with E-state index in [0.29, 0.717) is 12.4 Å². The van der Waals surface area contributed by atoms with E-state index in [0.717, 1.165) is 54.6 Å². The lowest BCUT2D eigenvalue weighted by Gasteiger charge is -2.11. The molecule has 0 radical (unpaired) electrons. The summed E-state index contributed by atoms with van der Waals surface area (Å²) in [7, 11) is 1.67. The van der Waals surface area contributed by atoms with E-state index in [1.54, 1.807) is 7.11 Å². The Balaban J connectivity index is 1.51. The number of nitrogens with zero attached hydrogens (tertiary/aromatic N) is 3. The van der Waals surface area contributed by atoms with Gasteiger partial charge in [0.1, 0.15) is 5.75 Å². The van der Waals surface area contributed by atoms with E-state index in [1.165, 1.54) is 5.56 Å². The third-order valence-electron chi connectivity index (χ3n) is 4.61. The van der Waals surface area contributed by atoms with E-state index in [2.05, 4.69) is 44.8 Å². The molecule has 158 valence electrons. The first-order valence-electron chi connectivity index (χ1n) is 10.3. The summed E-state index contributed by atoms with van der Waals surface area (Å²) >= 11 is 0. The Kier molecular flexibility index (Phi) is 7.83. The second kappa shape index (κ2) is 11.0. The SMILES string of the molecule is CCNC(=NCc1ccc(OC)cc1)NCCc1ccc(-c2nc(CC)no2)cc1. The number of nitrogens with one attached hydrogen (secondary N) is 2. The van der Waals surface area contributed by atoms with Gasteiger partial charge in [0.2, 0.25) is 0 Å². The van der Waals surface area contributed by atoms with Gasteiger partial charge in [-0.1, -0.05) is 36.3 Å². The van der Waals surface area contributed by atoms with Crippen molar-refractivity contribution >= 4 is 5.96 Å². The molecule has 0 aliphatic carbocycles. The fourth-order valence-corrected chi connectivity index (χ4v) is 2.90. The van der Waals surface area contributed by atoms with Gasteiger partial charge in [-0.2, -0.15) is 4.98 Å². The molecule has 1 aromatic heterocycles. The molecule has 0 saturated carbocycles. The first-order valence-corrected chi connectivity index (χ1v) is 10.3. The lowest BCUT2D eigenvalue weighted by molar-refractivity contribution is 0.414. The van der Waals surface area contributed by atoms with E-state index in [9.17, 15) is 0 Å². The van der Waals surface area contributed by atoms with Gasteiger partial charge in [-0.25, -0.2) is 4.99 Å². The molecule has 0 aliphatic rings. The molecule has 2 aromatic carbocycles. The van der Waals surface area contributed by atoms with Gasteiger partial charge in [0.25, 0.3) is 5.89 Å². The number of aliphatic imine (C=N–C) groups is 1. The molecule has 0 unspecified atom stereocenters. The van der Waals surface area contributed by atoms with Crippen LogP contribution in [0.25, 0.3) is 11.5 Å². The van der Waals surface area contributed by atoms with Crippen LogP contribution in [0, 0.1) is 0 Å². The fraction of sp³-hybridized carbons (Fsp3) is 0.348. The van der Waals surface area contributed by atoms with Gasteiger partial charge < -0.3 is 19.9 Å². The van der Waals surface area contributed by atoms with Crippen molar-refractivity contribution in [2.75, 3.05) is 20.2 Å². The van der Waals surface area contributed by atoms with Crippen LogP contribution in [0.5, 0.6) is 5.75 Å². The van der Waals surface area contributed by atoms with Crippen LogP contribution in [0.4, 0.5) is 0 Å². The quantitative estimate of drug-likeness (QED) is 0.416. The maximum Gasteiger partial charge on any atom is 0.257 e. The third kappa shape index (κ3) is 6.07. The van der Waals surface area contributed by atoms with Gasteiger partial charge in [-0.15, -0.1) is 0 Å². The van der Waals surface area contributed by atoms with Crippen molar-refractivity contribution in [2.45, 2.75) is 33.2 Å². The van der Waals surface area contributed by atoms with E-state index < -0.39 is 0 Å². The highest BCUT2D eigenvalue weighted by Crippen LogP contribution is 2.18. The van der Waals surface area contributed by atoms with Crippen molar-refractivity contribution in [3.05, 3.63) is 65.5 Å². The van der Waals surface area contributed by atoms with Crippen LogP contribution >= 0.6 is 0 Å². The average Bonchev–Trinajstić information content (AvgIpc) is 3.27. The number of rotatable bonds is 9. The number of methoxy groups -OCH3 is 1. The molecule has 0 bridgehead atoms. The van der Waals surface area contributed by atoms with Crippen LogP contribution < -0.4 is 15.4 Å². The molecule has 3 rings (SSSR count). The summed E-state index contributed by atoms with van der Waals surface area (Å²) in [4.78, 5) is 9.03. The molecule has 0 aliphatic heterocycles. The van der Waals surface area contributed by atoms with Crippen molar-refractivity contribution in [3.8, 4) is 17.2 Å². The highest BCUT2D eigenvalue weighted by Gasteiger charge is 2.07. The molecule has 0 amide bonds. The lowest BCUT2D eigenvalue weighted by atomic mass is 10.1. The Morgan fingerprint density at radius 2 is 1.73 bits per heavy atom. The van der Waals surface area contributed by atoms with Crippen LogP contribution in [-0.4, -0.2) is 36.3 Å². The minimum absolute atomic E-state index is 0.566. The van der Waals surface area contributed by atoms with E-state index in [-0.39, 0.29) is 0 Å². The van der Waals surface area contributed by atoms with Crippen molar-refractivity contribution in [1.82, 2.24) is 20.8 Å². The largest absolute Gasteiger partial charge is 0.497 e. The summed E-state index contributed by atoms with van der Waals surface area (Å²) in [5.41, 5.74) is 3.30. The van der Waals surface area contributed by atoms with Gasteiger partial charge in [0.15, 0.2) is 11.8 Å². The Morgan fingerprint density at radius 1 is 1.00 bits per heavy atom. The Bertz CT molecular complexity index is 933. The van der Waals surface area contributed by atoms with Crippen molar-refractivity contribution in [2.24, 2.45) is 4.99 Å². The second-order valence-corrected chi connectivity index (χ2v) is 6.79. The van der Waals surface area contributed by atoms with Crippen LogP contribution in [0.3, 0.4) is 0 Å². The normalized spacial score (nSPS) is 11.4. The number of aromatic nitrogens is 2. The van der Waals surface area contributed by atoms with Crippen LogP contribution in [0.15, 0.2) is 58.0 Å². The molecule has 0 saturated heterocycles. The molecule has 1 heterocycles. The maximum atomic E-state index is 5.29. The molecule has 2 N–H and O–H groups in total. The molecule has 0 fully saturated rings. The van der Waals surface area contributed by atoms with Crippen molar-refractivity contribution < 1.29 is 9.26 Å². The van der Waals surface area contributed by atoms with E-state index in [1.807, 2.05) is 43.3 Å². The summed E-state index contributed by atoms with van der Waals surface area (Å²) < 4.78 is 10.5. The molecular formula is C23H29N5O2. The van der Waals surface area contributed by atoms with Gasteiger partial charge in [-0.3, -0.25) is 0 Å². The summed E-state index contributed by atoms with van der Waals surface area (Å²) in [6.07, 6.45) is 1.65. The first-order chi connectivity index (χ1) is 14.7.